The van der Waals surface area contributed by atoms with E-state index >= 15 is 0 Å². The Morgan fingerprint density at radius 1 is 1.19 bits per heavy atom. The maximum absolute atomic E-state index is 12.2. The standard InChI is InChI=1S/C18H14F3N5O4S2/c19-18(20,21)29-11-5-3-10(4-6-11)22-14(27)8-31-17-25-24-16(32-17)23-15(28)12-7-13(30-26-12)9-1-2-9/h3-7,9H,1-2,8H2,(H,22,27)(H,23,24,28). The molecule has 4 rings (SSSR count). The molecule has 0 spiro atoms. The van der Waals surface area contributed by atoms with Gasteiger partial charge in [0.05, 0.1) is 5.75 Å². The van der Waals surface area contributed by atoms with E-state index in [0.29, 0.717) is 21.7 Å². The number of hydrogen-bond acceptors (Lipinski definition) is 9. The van der Waals surface area contributed by atoms with Crippen molar-refractivity contribution in [2.45, 2.75) is 29.5 Å². The largest absolute Gasteiger partial charge is 0.573 e. The number of hydrogen-bond donors (Lipinski definition) is 2. The Hall–Kier alpha value is -3.13. The average molecular weight is 485 g/mol. The van der Waals surface area contributed by atoms with Gasteiger partial charge in [-0.3, -0.25) is 14.9 Å². The molecule has 0 aliphatic heterocycles. The second-order valence-corrected chi connectivity index (χ2v) is 8.83. The van der Waals surface area contributed by atoms with Crippen LogP contribution < -0.4 is 15.4 Å². The number of nitrogens with zero attached hydrogens (tertiary/aromatic N) is 3. The molecule has 1 aliphatic carbocycles. The predicted octanol–water partition coefficient (Wildman–Crippen LogP) is 4.29. The van der Waals surface area contributed by atoms with Gasteiger partial charge in [0, 0.05) is 17.7 Å². The first kappa shape index (κ1) is 22.1. The summed E-state index contributed by atoms with van der Waals surface area (Å²) in [4.78, 5) is 24.3. The lowest BCUT2D eigenvalue weighted by Gasteiger charge is -2.09. The normalized spacial score (nSPS) is 13.6. The minimum atomic E-state index is -4.78. The Morgan fingerprint density at radius 2 is 1.94 bits per heavy atom. The van der Waals surface area contributed by atoms with Crippen LogP contribution in [0.3, 0.4) is 0 Å². The van der Waals surface area contributed by atoms with Gasteiger partial charge in [0.1, 0.15) is 11.5 Å². The zero-order chi connectivity index (χ0) is 22.7. The van der Waals surface area contributed by atoms with E-state index in [-0.39, 0.29) is 22.3 Å². The molecule has 1 aliphatic rings. The summed E-state index contributed by atoms with van der Waals surface area (Å²) < 4.78 is 45.9. The molecular weight excluding hydrogens is 471 g/mol. The first-order chi connectivity index (χ1) is 15.2. The summed E-state index contributed by atoms with van der Waals surface area (Å²) in [6.45, 7) is 0. The number of thioether (sulfide) groups is 1. The number of carbonyl (C=O) groups is 2. The van der Waals surface area contributed by atoms with Crippen LogP contribution in [0.2, 0.25) is 0 Å². The second kappa shape index (κ2) is 9.16. The van der Waals surface area contributed by atoms with Gasteiger partial charge in [-0.1, -0.05) is 28.3 Å². The van der Waals surface area contributed by atoms with E-state index in [9.17, 15) is 22.8 Å². The molecule has 2 aromatic heterocycles. The predicted molar refractivity (Wildman–Crippen MR) is 109 cm³/mol. The fourth-order valence-electron chi connectivity index (χ4n) is 2.50. The van der Waals surface area contributed by atoms with Crippen LogP contribution in [0.25, 0.3) is 0 Å². The van der Waals surface area contributed by atoms with Crippen LogP contribution in [0.4, 0.5) is 24.0 Å². The van der Waals surface area contributed by atoms with Gasteiger partial charge >= 0.3 is 6.36 Å². The van der Waals surface area contributed by atoms with Crippen molar-refractivity contribution >= 4 is 45.7 Å². The van der Waals surface area contributed by atoms with Gasteiger partial charge in [0.2, 0.25) is 11.0 Å². The van der Waals surface area contributed by atoms with Crippen molar-refractivity contribution in [1.29, 1.82) is 0 Å². The number of rotatable bonds is 8. The van der Waals surface area contributed by atoms with Crippen LogP contribution in [0.5, 0.6) is 5.75 Å². The number of benzene rings is 1. The molecular formula is C18H14F3N5O4S2. The van der Waals surface area contributed by atoms with E-state index in [0.717, 1.165) is 48.1 Å². The average Bonchev–Trinajstić information content (AvgIpc) is 3.28. The molecule has 1 saturated carbocycles. The van der Waals surface area contributed by atoms with E-state index in [1.807, 2.05) is 0 Å². The van der Waals surface area contributed by atoms with Crippen molar-refractivity contribution in [3.05, 3.63) is 41.8 Å². The highest BCUT2D eigenvalue weighted by Gasteiger charge is 2.31. The molecule has 0 unspecified atom stereocenters. The molecule has 14 heteroatoms. The van der Waals surface area contributed by atoms with Crippen LogP contribution in [0.1, 0.15) is 35.0 Å². The molecule has 3 aromatic rings. The van der Waals surface area contributed by atoms with Crippen molar-refractivity contribution in [2.24, 2.45) is 0 Å². The zero-order valence-corrected chi connectivity index (χ0v) is 17.6. The fraction of sp³-hybridized carbons (Fsp3) is 0.278. The van der Waals surface area contributed by atoms with Crippen LogP contribution in [-0.2, 0) is 4.79 Å². The van der Waals surface area contributed by atoms with Crippen LogP contribution in [-0.4, -0.2) is 39.3 Å². The summed E-state index contributed by atoms with van der Waals surface area (Å²) in [6.07, 6.45) is -2.73. The number of amides is 2. The lowest BCUT2D eigenvalue weighted by Crippen LogP contribution is -2.17. The Kier molecular flexibility index (Phi) is 6.32. The molecule has 1 fully saturated rings. The highest BCUT2D eigenvalue weighted by atomic mass is 32.2. The molecule has 0 saturated heterocycles. The molecule has 2 amide bonds. The van der Waals surface area contributed by atoms with E-state index in [2.05, 4.69) is 30.7 Å². The Bertz CT molecular complexity index is 1110. The van der Waals surface area contributed by atoms with Gasteiger partial charge in [-0.05, 0) is 37.1 Å². The minimum Gasteiger partial charge on any atom is -0.406 e. The number of carbonyl (C=O) groups excluding carboxylic acids is 2. The van der Waals surface area contributed by atoms with Crippen molar-refractivity contribution < 1.29 is 32.0 Å². The third-order valence-electron chi connectivity index (χ3n) is 4.07. The number of aromatic nitrogens is 3. The van der Waals surface area contributed by atoms with Gasteiger partial charge in [-0.2, -0.15) is 0 Å². The third kappa shape index (κ3) is 6.20. The van der Waals surface area contributed by atoms with Gasteiger partial charge < -0.3 is 14.6 Å². The number of nitrogens with one attached hydrogen (secondary N) is 2. The summed E-state index contributed by atoms with van der Waals surface area (Å²) in [7, 11) is 0. The highest BCUT2D eigenvalue weighted by molar-refractivity contribution is 8.01. The third-order valence-corrected chi connectivity index (χ3v) is 6.04. The maximum Gasteiger partial charge on any atom is 0.573 e. The summed E-state index contributed by atoms with van der Waals surface area (Å²) in [5.41, 5.74) is 0.468. The van der Waals surface area contributed by atoms with Crippen LogP contribution >= 0.6 is 23.1 Å². The van der Waals surface area contributed by atoms with Crippen molar-refractivity contribution in [2.75, 3.05) is 16.4 Å². The molecule has 9 nitrogen and oxygen atoms in total. The molecule has 1 aromatic carbocycles. The summed E-state index contributed by atoms with van der Waals surface area (Å²) >= 11 is 2.18. The number of ether oxygens (including phenoxy) is 1. The van der Waals surface area contributed by atoms with Crippen molar-refractivity contribution in [3.63, 3.8) is 0 Å². The lowest BCUT2D eigenvalue weighted by molar-refractivity contribution is -0.274. The molecule has 0 atom stereocenters. The zero-order valence-electron chi connectivity index (χ0n) is 16.0. The van der Waals surface area contributed by atoms with E-state index in [1.165, 1.54) is 12.1 Å². The molecule has 0 bridgehead atoms. The highest BCUT2D eigenvalue weighted by Crippen LogP contribution is 2.40. The lowest BCUT2D eigenvalue weighted by atomic mass is 10.3. The SMILES string of the molecule is O=C(CSc1nnc(NC(=O)c2cc(C3CC3)on2)s1)Nc1ccc(OC(F)(F)F)cc1. The monoisotopic (exact) mass is 485 g/mol. The van der Waals surface area contributed by atoms with Gasteiger partial charge in [0.15, 0.2) is 10.0 Å². The molecule has 2 heterocycles. The first-order valence-electron chi connectivity index (χ1n) is 9.15. The number of anilines is 2. The van der Waals surface area contributed by atoms with E-state index in [4.69, 9.17) is 4.52 Å². The summed E-state index contributed by atoms with van der Waals surface area (Å²) in [5, 5.41) is 16.9. The summed E-state index contributed by atoms with van der Waals surface area (Å²) in [5.74, 6) is -0.234. The maximum atomic E-state index is 12.2. The molecule has 0 radical (unpaired) electrons. The Morgan fingerprint density at radius 3 is 2.62 bits per heavy atom. The van der Waals surface area contributed by atoms with Gasteiger partial charge in [-0.15, -0.1) is 23.4 Å². The van der Waals surface area contributed by atoms with E-state index in [1.54, 1.807) is 6.07 Å². The smallest absolute Gasteiger partial charge is 0.406 e. The minimum absolute atomic E-state index is 0.0165. The quantitative estimate of drug-likeness (QED) is 0.358. The van der Waals surface area contributed by atoms with Crippen LogP contribution in [0, 0.1) is 0 Å². The van der Waals surface area contributed by atoms with Crippen molar-refractivity contribution in [3.8, 4) is 5.75 Å². The summed E-state index contributed by atoms with van der Waals surface area (Å²) in [6, 6.07) is 6.38. The van der Waals surface area contributed by atoms with Crippen LogP contribution in [0.15, 0.2) is 39.2 Å². The van der Waals surface area contributed by atoms with Gasteiger partial charge in [-0.25, -0.2) is 0 Å². The van der Waals surface area contributed by atoms with Gasteiger partial charge in [0.25, 0.3) is 5.91 Å². The molecule has 168 valence electrons. The fourth-order valence-corrected chi connectivity index (χ4v) is 4.05. The topological polar surface area (TPSA) is 119 Å². The Balaban J connectivity index is 1.23. The first-order valence-corrected chi connectivity index (χ1v) is 11.0. The van der Waals surface area contributed by atoms with E-state index < -0.39 is 18.2 Å². The van der Waals surface area contributed by atoms with Crippen molar-refractivity contribution in [1.82, 2.24) is 15.4 Å². The molecule has 32 heavy (non-hydrogen) atoms. The Labute approximate surface area is 186 Å². The molecule has 2 N–H and O–H groups in total. The number of alkyl halides is 3. The second-order valence-electron chi connectivity index (χ2n) is 6.63. The number of halogens is 3.